The van der Waals surface area contributed by atoms with Gasteiger partial charge in [0.15, 0.2) is 0 Å². The van der Waals surface area contributed by atoms with Gasteiger partial charge in [-0.15, -0.1) is 11.3 Å². The molecule has 0 aliphatic rings. The van der Waals surface area contributed by atoms with E-state index in [1.165, 1.54) is 29.5 Å². The van der Waals surface area contributed by atoms with Crippen molar-refractivity contribution in [3.05, 3.63) is 54.6 Å². The average molecular weight is 425 g/mol. The van der Waals surface area contributed by atoms with Crippen LogP contribution in [0, 0.1) is 11.6 Å². The molecule has 1 nitrogen and oxygen atoms in total. The van der Waals surface area contributed by atoms with Crippen molar-refractivity contribution in [2.45, 2.75) is 19.4 Å². The van der Waals surface area contributed by atoms with Crippen molar-refractivity contribution in [1.29, 1.82) is 0 Å². The van der Waals surface area contributed by atoms with E-state index in [0.29, 0.717) is 6.54 Å². The Kier molecular flexibility index (Phi) is 5.72. The van der Waals surface area contributed by atoms with Crippen molar-refractivity contribution < 1.29 is 8.78 Å². The van der Waals surface area contributed by atoms with Gasteiger partial charge in [0.1, 0.15) is 11.6 Å². The number of hydrogen-bond acceptors (Lipinski definition) is 2. The van der Waals surface area contributed by atoms with Crippen LogP contribution in [0.25, 0.3) is 0 Å². The van der Waals surface area contributed by atoms with Crippen LogP contribution in [-0.4, -0.2) is 6.54 Å². The minimum Gasteiger partial charge on any atom is -0.306 e. The van der Waals surface area contributed by atoms with Gasteiger partial charge in [0.05, 0.1) is 13.6 Å². The Labute approximate surface area is 137 Å². The molecule has 20 heavy (non-hydrogen) atoms. The molecule has 108 valence electrons. The van der Waals surface area contributed by atoms with E-state index in [2.05, 4.69) is 37.2 Å². The molecule has 2 aromatic rings. The highest BCUT2D eigenvalue weighted by Crippen LogP contribution is 2.39. The Morgan fingerprint density at radius 1 is 1.25 bits per heavy atom. The normalized spacial score (nSPS) is 12.7. The summed E-state index contributed by atoms with van der Waals surface area (Å²) in [7, 11) is 0. The second-order valence-corrected chi connectivity index (χ2v) is 8.05. The van der Waals surface area contributed by atoms with Crippen LogP contribution in [0.5, 0.6) is 0 Å². The lowest BCUT2D eigenvalue weighted by Crippen LogP contribution is -2.25. The van der Waals surface area contributed by atoms with E-state index in [4.69, 9.17) is 0 Å². The molecule has 0 saturated heterocycles. The van der Waals surface area contributed by atoms with Crippen LogP contribution in [0.3, 0.4) is 0 Å². The molecule has 0 aliphatic heterocycles. The summed E-state index contributed by atoms with van der Waals surface area (Å²) in [5, 5.41) is 3.21. The molecule has 1 atom stereocenters. The predicted molar refractivity (Wildman–Crippen MR) is 86.2 cm³/mol. The first-order chi connectivity index (χ1) is 9.54. The van der Waals surface area contributed by atoms with Gasteiger partial charge in [-0.25, -0.2) is 8.78 Å². The molecule has 1 unspecified atom stereocenters. The lowest BCUT2D eigenvalue weighted by molar-refractivity contribution is 0.503. The SMILES string of the molecule is CCCNC(c1cc(Br)sc1Br)c1c(F)cccc1F. The molecular formula is C14H13Br2F2NS. The third-order valence-corrected chi connectivity index (χ3v) is 5.27. The van der Waals surface area contributed by atoms with Crippen molar-refractivity contribution in [3.8, 4) is 0 Å². The van der Waals surface area contributed by atoms with Crippen molar-refractivity contribution >= 4 is 43.2 Å². The van der Waals surface area contributed by atoms with Crippen LogP contribution >= 0.6 is 43.2 Å². The monoisotopic (exact) mass is 423 g/mol. The maximum atomic E-state index is 14.0. The molecule has 0 aliphatic carbocycles. The maximum Gasteiger partial charge on any atom is 0.131 e. The van der Waals surface area contributed by atoms with Crippen molar-refractivity contribution in [1.82, 2.24) is 5.32 Å². The van der Waals surface area contributed by atoms with Gasteiger partial charge < -0.3 is 5.32 Å². The van der Waals surface area contributed by atoms with E-state index >= 15 is 0 Å². The van der Waals surface area contributed by atoms with Gasteiger partial charge in [-0.2, -0.15) is 0 Å². The fourth-order valence-corrected chi connectivity index (χ4v) is 4.89. The quantitative estimate of drug-likeness (QED) is 0.654. The lowest BCUT2D eigenvalue weighted by atomic mass is 10.00. The highest BCUT2D eigenvalue weighted by Gasteiger charge is 2.24. The van der Waals surface area contributed by atoms with E-state index < -0.39 is 17.7 Å². The average Bonchev–Trinajstić information content (AvgIpc) is 2.72. The highest BCUT2D eigenvalue weighted by molar-refractivity contribution is 9.12. The van der Waals surface area contributed by atoms with Gasteiger partial charge in [-0.05, 0) is 68.6 Å². The molecule has 0 amide bonds. The third-order valence-electron chi connectivity index (χ3n) is 2.88. The van der Waals surface area contributed by atoms with Crippen molar-refractivity contribution in [2.75, 3.05) is 6.54 Å². The highest BCUT2D eigenvalue weighted by atomic mass is 79.9. The molecule has 0 saturated carbocycles. The molecule has 1 aromatic carbocycles. The van der Waals surface area contributed by atoms with Crippen LogP contribution in [0.4, 0.5) is 8.78 Å². The first kappa shape index (κ1) is 16.1. The van der Waals surface area contributed by atoms with Gasteiger partial charge in [-0.1, -0.05) is 13.0 Å². The minimum atomic E-state index is -0.534. The standard InChI is InChI=1S/C14H13Br2F2NS/c1-2-6-19-13(8-7-11(15)20-14(8)16)12-9(17)4-3-5-10(12)18/h3-5,7,13,19H,2,6H2,1H3. The zero-order valence-corrected chi connectivity index (χ0v) is 14.7. The summed E-state index contributed by atoms with van der Waals surface area (Å²) in [6, 6.07) is 5.33. The molecule has 0 fully saturated rings. The molecule has 1 heterocycles. The van der Waals surface area contributed by atoms with E-state index in [1.54, 1.807) is 0 Å². The van der Waals surface area contributed by atoms with Gasteiger partial charge >= 0.3 is 0 Å². The molecule has 1 aromatic heterocycles. The molecule has 1 N–H and O–H groups in total. The van der Waals surface area contributed by atoms with E-state index in [9.17, 15) is 8.78 Å². The van der Waals surface area contributed by atoms with Gasteiger partial charge in [0, 0.05) is 5.56 Å². The summed E-state index contributed by atoms with van der Waals surface area (Å²) in [6.45, 7) is 2.69. The Morgan fingerprint density at radius 2 is 1.90 bits per heavy atom. The third kappa shape index (κ3) is 3.47. The summed E-state index contributed by atoms with van der Waals surface area (Å²) in [5.74, 6) is -1.07. The molecule has 0 radical (unpaired) electrons. The topological polar surface area (TPSA) is 12.0 Å². The second kappa shape index (κ2) is 7.11. The predicted octanol–water partition coefficient (Wildman–Crippen LogP) is 5.64. The molecule has 0 bridgehead atoms. The molecular weight excluding hydrogens is 412 g/mol. The molecule has 0 spiro atoms. The number of nitrogens with one attached hydrogen (secondary N) is 1. The number of benzene rings is 1. The number of hydrogen-bond donors (Lipinski definition) is 1. The first-order valence-corrected chi connectivity index (χ1v) is 8.56. The summed E-state index contributed by atoms with van der Waals surface area (Å²) >= 11 is 8.35. The summed E-state index contributed by atoms with van der Waals surface area (Å²) in [4.78, 5) is 0. The van der Waals surface area contributed by atoms with Gasteiger partial charge in [0.2, 0.25) is 0 Å². The van der Waals surface area contributed by atoms with Gasteiger partial charge in [-0.3, -0.25) is 0 Å². The smallest absolute Gasteiger partial charge is 0.131 e. The Balaban J connectivity index is 2.50. The van der Waals surface area contributed by atoms with Crippen LogP contribution in [-0.2, 0) is 0 Å². The lowest BCUT2D eigenvalue weighted by Gasteiger charge is -2.20. The summed E-state index contributed by atoms with van der Waals surface area (Å²) < 4.78 is 29.9. The summed E-state index contributed by atoms with van der Waals surface area (Å²) in [6.07, 6.45) is 0.884. The zero-order chi connectivity index (χ0) is 14.7. The van der Waals surface area contributed by atoms with Crippen LogP contribution in [0.15, 0.2) is 31.8 Å². The van der Waals surface area contributed by atoms with Crippen molar-refractivity contribution in [3.63, 3.8) is 0 Å². The van der Waals surface area contributed by atoms with Crippen LogP contribution < -0.4 is 5.32 Å². The van der Waals surface area contributed by atoms with E-state index in [1.807, 2.05) is 13.0 Å². The molecule has 2 rings (SSSR count). The molecule has 6 heteroatoms. The summed E-state index contributed by atoms with van der Waals surface area (Å²) in [5.41, 5.74) is 0.895. The maximum absolute atomic E-state index is 14.0. The van der Waals surface area contributed by atoms with Crippen LogP contribution in [0.1, 0.15) is 30.5 Å². The number of rotatable bonds is 5. The first-order valence-electron chi connectivity index (χ1n) is 6.16. The zero-order valence-electron chi connectivity index (χ0n) is 10.7. The Hall–Kier alpha value is -0.300. The van der Waals surface area contributed by atoms with E-state index in [-0.39, 0.29) is 5.56 Å². The number of thiophene rings is 1. The van der Waals surface area contributed by atoms with Crippen molar-refractivity contribution in [2.24, 2.45) is 0 Å². The fourth-order valence-electron chi connectivity index (χ4n) is 1.99. The van der Waals surface area contributed by atoms with Gasteiger partial charge in [0.25, 0.3) is 0 Å². The Bertz CT molecular complexity index is 581. The Morgan fingerprint density at radius 3 is 2.40 bits per heavy atom. The minimum absolute atomic E-state index is 0.0620. The largest absolute Gasteiger partial charge is 0.306 e. The number of halogens is 4. The van der Waals surface area contributed by atoms with E-state index in [0.717, 1.165) is 19.6 Å². The second-order valence-electron chi connectivity index (χ2n) is 4.30. The van der Waals surface area contributed by atoms with Crippen LogP contribution in [0.2, 0.25) is 0 Å². The fraction of sp³-hybridized carbons (Fsp3) is 0.286.